The largest absolute Gasteiger partial charge is 0.388 e. The highest BCUT2D eigenvalue weighted by molar-refractivity contribution is 5.20. The van der Waals surface area contributed by atoms with Gasteiger partial charge in [-0.05, 0) is 36.8 Å². The lowest BCUT2D eigenvalue weighted by molar-refractivity contribution is 0.204. The van der Waals surface area contributed by atoms with Crippen molar-refractivity contribution in [1.82, 2.24) is 0 Å². The molecule has 1 aromatic rings. The molecular formula is C14H18O. The predicted molar refractivity (Wildman–Crippen MR) is 62.7 cm³/mol. The monoisotopic (exact) mass is 202 g/mol. The van der Waals surface area contributed by atoms with Crippen molar-refractivity contribution in [2.45, 2.75) is 38.2 Å². The third-order valence-corrected chi connectivity index (χ3v) is 3.03. The van der Waals surface area contributed by atoms with Crippen LogP contribution in [0.2, 0.25) is 0 Å². The molecule has 0 spiro atoms. The number of aliphatic hydroxyl groups excluding tert-OH is 1. The van der Waals surface area contributed by atoms with E-state index < -0.39 is 0 Å². The van der Waals surface area contributed by atoms with Gasteiger partial charge in [0, 0.05) is 6.42 Å². The van der Waals surface area contributed by atoms with E-state index in [1.807, 2.05) is 18.2 Å². The number of allylic oxidation sites excluding steroid dienone is 1. The fourth-order valence-corrected chi connectivity index (χ4v) is 2.13. The number of benzene rings is 1. The van der Waals surface area contributed by atoms with Crippen LogP contribution < -0.4 is 0 Å². The summed E-state index contributed by atoms with van der Waals surface area (Å²) in [5.41, 5.74) is 2.46. The van der Waals surface area contributed by atoms with Gasteiger partial charge in [0.25, 0.3) is 0 Å². The summed E-state index contributed by atoms with van der Waals surface area (Å²) in [6, 6.07) is 10.2. The van der Waals surface area contributed by atoms with Crippen molar-refractivity contribution in [2.24, 2.45) is 0 Å². The first-order chi connectivity index (χ1) is 7.36. The quantitative estimate of drug-likeness (QED) is 0.747. The molecule has 0 saturated carbocycles. The van der Waals surface area contributed by atoms with E-state index in [4.69, 9.17) is 0 Å². The Morgan fingerprint density at radius 3 is 2.60 bits per heavy atom. The Morgan fingerprint density at radius 2 is 1.93 bits per heavy atom. The van der Waals surface area contributed by atoms with Gasteiger partial charge in [-0.25, -0.2) is 0 Å². The molecule has 15 heavy (non-hydrogen) atoms. The first-order valence-electron chi connectivity index (χ1n) is 5.77. The third-order valence-electron chi connectivity index (χ3n) is 3.03. The SMILES string of the molecule is OC(Cc1ccccc1)C1=CCCCC1. The highest BCUT2D eigenvalue weighted by atomic mass is 16.3. The molecule has 0 aliphatic heterocycles. The molecule has 80 valence electrons. The van der Waals surface area contributed by atoms with Crippen LogP contribution >= 0.6 is 0 Å². The van der Waals surface area contributed by atoms with Crippen molar-refractivity contribution in [1.29, 1.82) is 0 Å². The lowest BCUT2D eigenvalue weighted by Crippen LogP contribution is -2.15. The van der Waals surface area contributed by atoms with Gasteiger partial charge in [-0.3, -0.25) is 0 Å². The van der Waals surface area contributed by atoms with Crippen LogP contribution in [0.25, 0.3) is 0 Å². The van der Waals surface area contributed by atoms with Crippen molar-refractivity contribution < 1.29 is 5.11 Å². The molecule has 0 amide bonds. The maximum absolute atomic E-state index is 10.1. The summed E-state index contributed by atoms with van der Waals surface area (Å²) in [4.78, 5) is 0. The van der Waals surface area contributed by atoms with Gasteiger partial charge < -0.3 is 5.11 Å². The summed E-state index contributed by atoms with van der Waals surface area (Å²) < 4.78 is 0. The number of hydrogen-bond acceptors (Lipinski definition) is 1. The minimum atomic E-state index is -0.271. The van der Waals surface area contributed by atoms with Crippen molar-refractivity contribution in [3.05, 3.63) is 47.5 Å². The van der Waals surface area contributed by atoms with Gasteiger partial charge in [-0.2, -0.15) is 0 Å². The zero-order valence-electron chi connectivity index (χ0n) is 9.02. The van der Waals surface area contributed by atoms with Gasteiger partial charge in [0.1, 0.15) is 0 Å². The molecule has 1 atom stereocenters. The molecule has 1 nitrogen and oxygen atoms in total. The van der Waals surface area contributed by atoms with E-state index in [0.717, 1.165) is 19.3 Å². The van der Waals surface area contributed by atoms with Gasteiger partial charge in [0.05, 0.1) is 6.10 Å². The van der Waals surface area contributed by atoms with E-state index >= 15 is 0 Å². The van der Waals surface area contributed by atoms with Gasteiger partial charge in [0.15, 0.2) is 0 Å². The average molecular weight is 202 g/mol. The Morgan fingerprint density at radius 1 is 1.13 bits per heavy atom. The highest BCUT2D eigenvalue weighted by Crippen LogP contribution is 2.22. The van der Waals surface area contributed by atoms with E-state index in [9.17, 15) is 5.11 Å². The number of hydrogen-bond donors (Lipinski definition) is 1. The molecule has 1 aliphatic carbocycles. The zero-order valence-corrected chi connectivity index (χ0v) is 9.02. The minimum absolute atomic E-state index is 0.271. The van der Waals surface area contributed by atoms with Crippen LogP contribution in [0.5, 0.6) is 0 Å². The maximum Gasteiger partial charge on any atom is 0.0790 e. The Bertz CT molecular complexity index is 326. The Hall–Kier alpha value is -1.08. The summed E-state index contributed by atoms with van der Waals surface area (Å²) in [7, 11) is 0. The Balaban J connectivity index is 1.97. The van der Waals surface area contributed by atoms with Crippen LogP contribution in [0.15, 0.2) is 42.0 Å². The fraction of sp³-hybridized carbons (Fsp3) is 0.429. The van der Waals surface area contributed by atoms with Gasteiger partial charge >= 0.3 is 0 Å². The second kappa shape index (κ2) is 5.13. The van der Waals surface area contributed by atoms with Crippen molar-refractivity contribution in [2.75, 3.05) is 0 Å². The highest BCUT2D eigenvalue weighted by Gasteiger charge is 2.13. The van der Waals surface area contributed by atoms with Crippen LogP contribution in [0, 0.1) is 0 Å². The summed E-state index contributed by atoms with van der Waals surface area (Å²) in [5.74, 6) is 0. The zero-order chi connectivity index (χ0) is 10.5. The van der Waals surface area contributed by atoms with E-state index in [1.54, 1.807) is 0 Å². The van der Waals surface area contributed by atoms with Gasteiger partial charge in [-0.15, -0.1) is 0 Å². The molecular weight excluding hydrogens is 184 g/mol. The van der Waals surface area contributed by atoms with E-state index in [1.165, 1.54) is 24.0 Å². The van der Waals surface area contributed by atoms with Crippen LogP contribution in [0.1, 0.15) is 31.2 Å². The number of rotatable bonds is 3. The molecule has 1 heteroatoms. The smallest absolute Gasteiger partial charge is 0.0790 e. The predicted octanol–water partition coefficient (Wildman–Crippen LogP) is 3.09. The van der Waals surface area contributed by atoms with Crippen molar-refractivity contribution in [3.8, 4) is 0 Å². The molecule has 0 fully saturated rings. The Kier molecular flexibility index (Phi) is 3.57. The standard InChI is InChI=1S/C14H18O/c15-14(13-9-5-2-6-10-13)11-12-7-3-1-4-8-12/h1,3-4,7-9,14-15H,2,5-6,10-11H2. The van der Waals surface area contributed by atoms with Gasteiger partial charge in [0.2, 0.25) is 0 Å². The average Bonchev–Trinajstić information content (AvgIpc) is 2.31. The van der Waals surface area contributed by atoms with Crippen LogP contribution in [-0.4, -0.2) is 11.2 Å². The molecule has 1 aromatic carbocycles. The second-order valence-corrected chi connectivity index (χ2v) is 4.23. The molecule has 0 heterocycles. The van der Waals surface area contributed by atoms with Crippen LogP contribution in [0.4, 0.5) is 0 Å². The molecule has 0 bridgehead atoms. The van der Waals surface area contributed by atoms with E-state index in [2.05, 4.69) is 18.2 Å². The fourth-order valence-electron chi connectivity index (χ4n) is 2.13. The molecule has 1 N–H and O–H groups in total. The maximum atomic E-state index is 10.1. The van der Waals surface area contributed by atoms with Gasteiger partial charge in [-0.1, -0.05) is 36.4 Å². The lowest BCUT2D eigenvalue weighted by atomic mass is 9.92. The summed E-state index contributed by atoms with van der Waals surface area (Å²) in [6.07, 6.45) is 7.44. The summed E-state index contributed by atoms with van der Waals surface area (Å²) in [6.45, 7) is 0. The topological polar surface area (TPSA) is 20.2 Å². The molecule has 1 unspecified atom stereocenters. The second-order valence-electron chi connectivity index (χ2n) is 4.23. The minimum Gasteiger partial charge on any atom is -0.388 e. The number of aliphatic hydroxyl groups is 1. The molecule has 0 aromatic heterocycles. The molecule has 0 saturated heterocycles. The van der Waals surface area contributed by atoms with Crippen LogP contribution in [0.3, 0.4) is 0 Å². The normalized spacial score (nSPS) is 18.3. The molecule has 2 rings (SSSR count). The van der Waals surface area contributed by atoms with Crippen molar-refractivity contribution in [3.63, 3.8) is 0 Å². The summed E-state index contributed by atoms with van der Waals surface area (Å²) in [5, 5.41) is 10.1. The third kappa shape index (κ3) is 2.93. The van der Waals surface area contributed by atoms with E-state index in [0.29, 0.717) is 0 Å². The van der Waals surface area contributed by atoms with Crippen LogP contribution in [-0.2, 0) is 6.42 Å². The first-order valence-corrected chi connectivity index (χ1v) is 5.77. The first kappa shape index (κ1) is 10.4. The molecule has 1 aliphatic rings. The van der Waals surface area contributed by atoms with E-state index in [-0.39, 0.29) is 6.10 Å². The van der Waals surface area contributed by atoms with Crippen molar-refractivity contribution >= 4 is 0 Å². The molecule has 0 radical (unpaired) electrons. The lowest BCUT2D eigenvalue weighted by Gasteiger charge is -2.18. The summed E-state index contributed by atoms with van der Waals surface area (Å²) >= 11 is 0. The Labute approximate surface area is 91.4 Å².